The highest BCUT2D eigenvalue weighted by Crippen LogP contribution is 2.29. The van der Waals surface area contributed by atoms with E-state index in [2.05, 4.69) is 19.9 Å². The zero-order chi connectivity index (χ0) is 34.1. The van der Waals surface area contributed by atoms with Crippen LogP contribution in [0.25, 0.3) is 33.6 Å². The number of hydrogen-bond donors (Lipinski definition) is 2. The lowest BCUT2D eigenvalue weighted by Crippen LogP contribution is -2.42. The summed E-state index contributed by atoms with van der Waals surface area (Å²) in [6, 6.07) is 16.1. The van der Waals surface area contributed by atoms with Gasteiger partial charge in [-0.05, 0) is 35.1 Å². The molecule has 1 fully saturated rings. The highest BCUT2D eigenvalue weighted by Gasteiger charge is 2.35. The van der Waals surface area contributed by atoms with Crippen molar-refractivity contribution in [3.8, 4) is 33.6 Å². The quantitative estimate of drug-likeness (QED) is 0.130. The number of amides is 2. The number of hydrogen-bond acceptors (Lipinski definition) is 4. The van der Waals surface area contributed by atoms with Crippen LogP contribution in [0.5, 0.6) is 0 Å². The largest absolute Gasteiger partial charge is 0.342 e. The summed E-state index contributed by atoms with van der Waals surface area (Å²) in [5.41, 5.74) is 5.61. The van der Waals surface area contributed by atoms with Gasteiger partial charge in [0.25, 0.3) is 5.92 Å². The van der Waals surface area contributed by atoms with Crippen molar-refractivity contribution in [2.24, 2.45) is 0 Å². The van der Waals surface area contributed by atoms with Crippen molar-refractivity contribution in [1.82, 2.24) is 29.7 Å². The molecule has 5 rings (SSSR count). The van der Waals surface area contributed by atoms with Gasteiger partial charge in [-0.3, -0.25) is 18.4 Å². The molecule has 3 heterocycles. The summed E-state index contributed by atoms with van der Waals surface area (Å²) in [4.78, 5) is 43.8. The first-order valence-electron chi connectivity index (χ1n) is 16.5. The molecule has 1 saturated heterocycles. The van der Waals surface area contributed by atoms with Gasteiger partial charge in [-0.25, -0.2) is 18.7 Å². The number of piperidine rings is 1. The molecular formula is C36H42F4N6O2. The Morgan fingerprint density at radius 1 is 0.833 bits per heavy atom. The second kappa shape index (κ2) is 16.1. The van der Waals surface area contributed by atoms with Gasteiger partial charge in [-0.15, -0.1) is 0 Å². The van der Waals surface area contributed by atoms with Crippen LogP contribution in [0.3, 0.4) is 0 Å². The molecule has 1 atom stereocenters. The summed E-state index contributed by atoms with van der Waals surface area (Å²) in [7, 11) is 0. The normalized spacial score (nSPS) is 15.0. The lowest BCUT2D eigenvalue weighted by Gasteiger charge is -2.31. The van der Waals surface area contributed by atoms with Crippen LogP contribution in [-0.2, 0) is 16.0 Å². The number of nitrogens with one attached hydrogen (secondary N) is 2. The van der Waals surface area contributed by atoms with E-state index in [1.54, 1.807) is 12.4 Å². The van der Waals surface area contributed by atoms with Gasteiger partial charge in [0, 0.05) is 64.2 Å². The summed E-state index contributed by atoms with van der Waals surface area (Å²) < 4.78 is 52.1. The first kappa shape index (κ1) is 34.8. The number of aryl methyl sites for hydroxylation is 1. The topological polar surface area (TPSA) is 98.0 Å². The Balaban J connectivity index is 1.14. The fraction of sp³-hybridized carbons (Fsp3) is 0.444. The second-order valence-corrected chi connectivity index (χ2v) is 12.4. The number of H-pyrrole nitrogens is 2. The molecule has 2 aromatic carbocycles. The highest BCUT2D eigenvalue weighted by molar-refractivity contribution is 5.77. The Morgan fingerprint density at radius 2 is 1.35 bits per heavy atom. The summed E-state index contributed by atoms with van der Waals surface area (Å²) in [5, 5.41) is 0. The average Bonchev–Trinajstić information content (AvgIpc) is 3.78. The zero-order valence-corrected chi connectivity index (χ0v) is 27.2. The van der Waals surface area contributed by atoms with Gasteiger partial charge in [-0.1, -0.05) is 55.5 Å². The maximum Gasteiger partial charge on any atom is 0.251 e. The first-order valence-corrected chi connectivity index (χ1v) is 16.5. The van der Waals surface area contributed by atoms with Gasteiger partial charge < -0.3 is 19.8 Å². The number of benzene rings is 2. The molecule has 48 heavy (non-hydrogen) atoms. The number of aromatic nitrogens is 4. The van der Waals surface area contributed by atoms with Crippen LogP contribution in [-0.4, -0.2) is 87.0 Å². The SMILES string of the molecule is CC(CC(=O)N(CCCF)CCCF)c1ncc(-c2ccc(-c3ccc(-c4cnc(CCC(=O)N5CCC(F)(F)CC5)[nH]4)cc3)cc2)[nH]1. The molecular weight excluding hydrogens is 624 g/mol. The minimum atomic E-state index is -2.68. The second-order valence-electron chi connectivity index (χ2n) is 12.4. The molecule has 0 radical (unpaired) electrons. The van der Waals surface area contributed by atoms with Gasteiger partial charge in [-0.2, -0.15) is 0 Å². The van der Waals surface area contributed by atoms with E-state index in [-0.39, 0.29) is 82.4 Å². The van der Waals surface area contributed by atoms with E-state index in [0.717, 1.165) is 33.6 Å². The molecule has 8 nitrogen and oxygen atoms in total. The smallest absolute Gasteiger partial charge is 0.251 e. The molecule has 0 spiro atoms. The highest BCUT2D eigenvalue weighted by atomic mass is 19.3. The van der Waals surface area contributed by atoms with Crippen LogP contribution >= 0.6 is 0 Å². The molecule has 0 aliphatic carbocycles. The van der Waals surface area contributed by atoms with Crippen molar-refractivity contribution >= 4 is 11.8 Å². The third-order valence-electron chi connectivity index (χ3n) is 8.80. The minimum absolute atomic E-state index is 0.0892. The lowest BCUT2D eigenvalue weighted by molar-refractivity contribution is -0.137. The van der Waals surface area contributed by atoms with Gasteiger partial charge >= 0.3 is 0 Å². The van der Waals surface area contributed by atoms with Crippen molar-refractivity contribution in [3.63, 3.8) is 0 Å². The fourth-order valence-electron chi connectivity index (χ4n) is 5.87. The monoisotopic (exact) mass is 666 g/mol. The minimum Gasteiger partial charge on any atom is -0.342 e. The van der Waals surface area contributed by atoms with Crippen LogP contribution in [0, 0.1) is 0 Å². The Kier molecular flexibility index (Phi) is 11.7. The Morgan fingerprint density at radius 3 is 1.92 bits per heavy atom. The van der Waals surface area contributed by atoms with Crippen molar-refractivity contribution < 1.29 is 27.2 Å². The number of likely N-dealkylation sites (tertiary alicyclic amines) is 1. The molecule has 1 unspecified atom stereocenters. The van der Waals surface area contributed by atoms with Crippen molar-refractivity contribution in [3.05, 3.63) is 72.6 Å². The number of imidazole rings is 2. The molecule has 12 heteroatoms. The molecule has 0 bridgehead atoms. The van der Waals surface area contributed by atoms with E-state index in [1.807, 2.05) is 55.5 Å². The van der Waals surface area contributed by atoms with Crippen molar-refractivity contribution in [2.45, 2.75) is 63.7 Å². The zero-order valence-electron chi connectivity index (χ0n) is 27.2. The molecule has 2 amide bonds. The Bertz CT molecular complexity index is 1620. The summed E-state index contributed by atoms with van der Waals surface area (Å²) in [6.45, 7) is 1.61. The number of nitrogens with zero attached hydrogens (tertiary/aromatic N) is 4. The number of carbonyl (C=O) groups excluding carboxylic acids is 2. The standard InChI is InChI=1S/C36H42F4N6O2/c1-25(22-34(48)45(18-2-16-37)19-3-17-38)35-42-24-31(44-35)29-10-6-27(7-11-29)26-4-8-28(9-5-26)30-23-41-32(43-30)12-13-33(47)46-20-14-36(39,40)15-21-46/h4-11,23-25H,2-3,12-22H2,1H3,(H,41,43)(H,42,44). The molecule has 1 aliphatic rings. The summed E-state index contributed by atoms with van der Waals surface area (Å²) in [6.07, 6.45) is 4.22. The van der Waals surface area contributed by atoms with Crippen molar-refractivity contribution in [1.29, 1.82) is 0 Å². The van der Waals surface area contributed by atoms with Crippen LogP contribution in [0.4, 0.5) is 17.6 Å². The average molecular weight is 667 g/mol. The maximum absolute atomic E-state index is 13.4. The van der Waals surface area contributed by atoms with Gasteiger partial charge in [0.2, 0.25) is 11.8 Å². The summed E-state index contributed by atoms with van der Waals surface area (Å²) >= 11 is 0. The van der Waals surface area contributed by atoms with Gasteiger partial charge in [0.1, 0.15) is 11.6 Å². The molecule has 4 aromatic rings. The van der Waals surface area contributed by atoms with E-state index in [9.17, 15) is 27.2 Å². The van der Waals surface area contributed by atoms with E-state index >= 15 is 0 Å². The first-order chi connectivity index (χ1) is 23.2. The molecule has 2 aromatic heterocycles. The molecule has 2 N–H and O–H groups in total. The van der Waals surface area contributed by atoms with Crippen molar-refractivity contribution in [2.75, 3.05) is 39.5 Å². The van der Waals surface area contributed by atoms with E-state index < -0.39 is 19.3 Å². The van der Waals surface area contributed by atoms with E-state index in [1.165, 1.54) is 9.80 Å². The summed E-state index contributed by atoms with van der Waals surface area (Å²) in [5.74, 6) is -1.78. The van der Waals surface area contributed by atoms with Gasteiger partial charge in [0.15, 0.2) is 0 Å². The maximum atomic E-state index is 13.4. The predicted octanol–water partition coefficient (Wildman–Crippen LogP) is 7.37. The van der Waals surface area contributed by atoms with Crippen LogP contribution in [0.2, 0.25) is 0 Å². The van der Waals surface area contributed by atoms with Crippen LogP contribution in [0.15, 0.2) is 60.9 Å². The third-order valence-corrected chi connectivity index (χ3v) is 8.80. The Hall–Kier alpha value is -4.48. The number of rotatable bonds is 15. The Labute approximate surface area is 278 Å². The number of halogens is 4. The molecule has 0 saturated carbocycles. The van der Waals surface area contributed by atoms with Crippen LogP contribution < -0.4 is 0 Å². The number of alkyl halides is 4. The number of aromatic amines is 2. The fourth-order valence-corrected chi connectivity index (χ4v) is 5.87. The number of carbonyl (C=O) groups is 2. The predicted molar refractivity (Wildman–Crippen MR) is 177 cm³/mol. The van der Waals surface area contributed by atoms with Crippen LogP contribution in [0.1, 0.15) is 63.0 Å². The lowest BCUT2D eigenvalue weighted by atomic mass is 10.0. The molecule has 1 aliphatic heterocycles. The molecule has 256 valence electrons. The third kappa shape index (κ3) is 9.11. The van der Waals surface area contributed by atoms with E-state index in [0.29, 0.717) is 18.1 Å². The van der Waals surface area contributed by atoms with Gasteiger partial charge in [0.05, 0.1) is 37.1 Å². The van der Waals surface area contributed by atoms with E-state index in [4.69, 9.17) is 0 Å².